The van der Waals surface area contributed by atoms with Crippen molar-refractivity contribution in [2.24, 2.45) is 0 Å². The SMILES string of the molecule is CCOC(=O)c1ccc(NCCOCCN(C)C)nc1. The van der Waals surface area contributed by atoms with Gasteiger partial charge in [-0.15, -0.1) is 0 Å². The topological polar surface area (TPSA) is 63.7 Å². The zero-order valence-corrected chi connectivity index (χ0v) is 12.4. The van der Waals surface area contributed by atoms with Gasteiger partial charge in [0, 0.05) is 19.3 Å². The molecule has 1 rings (SSSR count). The van der Waals surface area contributed by atoms with Crippen molar-refractivity contribution in [3.05, 3.63) is 23.9 Å². The van der Waals surface area contributed by atoms with Gasteiger partial charge in [-0.2, -0.15) is 0 Å². The summed E-state index contributed by atoms with van der Waals surface area (Å²) >= 11 is 0. The van der Waals surface area contributed by atoms with Crippen LogP contribution in [0, 0.1) is 0 Å². The van der Waals surface area contributed by atoms with Gasteiger partial charge in [-0.05, 0) is 33.2 Å². The van der Waals surface area contributed by atoms with Gasteiger partial charge in [0.05, 0.1) is 25.4 Å². The van der Waals surface area contributed by atoms with Crippen molar-refractivity contribution in [2.45, 2.75) is 6.92 Å². The van der Waals surface area contributed by atoms with Crippen molar-refractivity contribution in [1.82, 2.24) is 9.88 Å². The summed E-state index contributed by atoms with van der Waals surface area (Å²) in [6.07, 6.45) is 1.51. The van der Waals surface area contributed by atoms with E-state index in [0.717, 1.165) is 6.54 Å². The average Bonchev–Trinajstić information content (AvgIpc) is 2.43. The van der Waals surface area contributed by atoms with Crippen LogP contribution in [-0.4, -0.2) is 62.9 Å². The van der Waals surface area contributed by atoms with E-state index >= 15 is 0 Å². The number of nitrogens with one attached hydrogen (secondary N) is 1. The fraction of sp³-hybridized carbons (Fsp3) is 0.571. The van der Waals surface area contributed by atoms with Crippen LogP contribution < -0.4 is 5.32 Å². The van der Waals surface area contributed by atoms with E-state index in [9.17, 15) is 4.79 Å². The fourth-order valence-corrected chi connectivity index (χ4v) is 1.43. The van der Waals surface area contributed by atoms with Crippen molar-refractivity contribution < 1.29 is 14.3 Å². The number of likely N-dealkylation sites (N-methyl/N-ethyl adjacent to an activating group) is 1. The molecule has 1 aromatic heterocycles. The zero-order valence-electron chi connectivity index (χ0n) is 12.4. The van der Waals surface area contributed by atoms with E-state index in [1.165, 1.54) is 6.20 Å². The maximum absolute atomic E-state index is 11.4. The highest BCUT2D eigenvalue weighted by Crippen LogP contribution is 2.06. The lowest BCUT2D eigenvalue weighted by Gasteiger charge is -2.10. The fourth-order valence-electron chi connectivity index (χ4n) is 1.43. The van der Waals surface area contributed by atoms with Crippen molar-refractivity contribution in [3.8, 4) is 0 Å². The highest BCUT2D eigenvalue weighted by atomic mass is 16.5. The van der Waals surface area contributed by atoms with Crippen LogP contribution in [0.4, 0.5) is 5.82 Å². The second-order valence-corrected chi connectivity index (χ2v) is 4.50. The molecule has 0 radical (unpaired) electrons. The second-order valence-electron chi connectivity index (χ2n) is 4.50. The van der Waals surface area contributed by atoms with E-state index in [-0.39, 0.29) is 5.97 Å². The number of pyridine rings is 1. The van der Waals surface area contributed by atoms with Gasteiger partial charge in [0.25, 0.3) is 0 Å². The second kappa shape index (κ2) is 9.28. The maximum atomic E-state index is 11.4. The number of anilines is 1. The Morgan fingerprint density at radius 3 is 2.75 bits per heavy atom. The number of carbonyl (C=O) groups is 1. The van der Waals surface area contributed by atoms with E-state index in [2.05, 4.69) is 15.2 Å². The molecule has 0 aromatic carbocycles. The van der Waals surface area contributed by atoms with Crippen LogP contribution >= 0.6 is 0 Å². The van der Waals surface area contributed by atoms with Gasteiger partial charge < -0.3 is 19.7 Å². The number of carbonyl (C=O) groups excluding carboxylic acids is 1. The van der Waals surface area contributed by atoms with Crippen LogP contribution in [0.5, 0.6) is 0 Å². The summed E-state index contributed by atoms with van der Waals surface area (Å²) in [7, 11) is 4.02. The molecule has 1 heterocycles. The minimum atomic E-state index is -0.349. The van der Waals surface area contributed by atoms with E-state index in [1.54, 1.807) is 19.1 Å². The summed E-state index contributed by atoms with van der Waals surface area (Å²) in [6.45, 7) is 5.06. The number of ether oxygens (including phenoxy) is 2. The Hall–Kier alpha value is -1.66. The Morgan fingerprint density at radius 2 is 2.15 bits per heavy atom. The molecule has 0 aliphatic carbocycles. The number of hydrogen-bond acceptors (Lipinski definition) is 6. The summed E-state index contributed by atoms with van der Waals surface area (Å²) < 4.78 is 10.3. The number of rotatable bonds is 9. The molecular weight excluding hydrogens is 258 g/mol. The van der Waals surface area contributed by atoms with Gasteiger partial charge in [-0.25, -0.2) is 9.78 Å². The van der Waals surface area contributed by atoms with Crippen molar-refractivity contribution in [2.75, 3.05) is 52.3 Å². The third kappa shape index (κ3) is 6.49. The summed E-state index contributed by atoms with van der Waals surface area (Å²) in [5.41, 5.74) is 0.458. The molecule has 0 atom stereocenters. The maximum Gasteiger partial charge on any atom is 0.339 e. The minimum Gasteiger partial charge on any atom is -0.462 e. The summed E-state index contributed by atoms with van der Waals surface area (Å²) in [4.78, 5) is 17.7. The molecule has 6 heteroatoms. The molecule has 0 saturated heterocycles. The smallest absolute Gasteiger partial charge is 0.339 e. The van der Waals surface area contributed by atoms with Gasteiger partial charge in [0.1, 0.15) is 5.82 Å². The average molecular weight is 281 g/mol. The Morgan fingerprint density at radius 1 is 1.35 bits per heavy atom. The van der Waals surface area contributed by atoms with Crippen LogP contribution in [0.2, 0.25) is 0 Å². The van der Waals surface area contributed by atoms with Crippen molar-refractivity contribution in [1.29, 1.82) is 0 Å². The predicted molar refractivity (Wildman–Crippen MR) is 78.1 cm³/mol. The van der Waals surface area contributed by atoms with Gasteiger partial charge >= 0.3 is 5.97 Å². The van der Waals surface area contributed by atoms with Crippen LogP contribution in [0.1, 0.15) is 17.3 Å². The summed E-state index contributed by atoms with van der Waals surface area (Å²) in [6, 6.07) is 3.45. The highest BCUT2D eigenvalue weighted by molar-refractivity contribution is 5.89. The first-order valence-corrected chi connectivity index (χ1v) is 6.73. The molecule has 0 bridgehead atoms. The normalized spacial score (nSPS) is 10.6. The molecule has 6 nitrogen and oxygen atoms in total. The van der Waals surface area contributed by atoms with E-state index in [1.807, 2.05) is 14.1 Å². The lowest BCUT2D eigenvalue weighted by molar-refractivity contribution is 0.0526. The Labute approximate surface area is 120 Å². The van der Waals surface area contributed by atoms with Crippen LogP contribution in [0.25, 0.3) is 0 Å². The first-order valence-electron chi connectivity index (χ1n) is 6.73. The number of hydrogen-bond donors (Lipinski definition) is 1. The molecule has 0 aliphatic heterocycles. The number of aromatic nitrogens is 1. The Balaban J connectivity index is 2.23. The largest absolute Gasteiger partial charge is 0.462 e. The van der Waals surface area contributed by atoms with Crippen molar-refractivity contribution in [3.63, 3.8) is 0 Å². The molecule has 1 aromatic rings. The first-order chi connectivity index (χ1) is 9.63. The molecule has 1 N–H and O–H groups in total. The molecule has 0 aliphatic rings. The third-order valence-corrected chi connectivity index (χ3v) is 2.51. The van der Waals surface area contributed by atoms with Gasteiger partial charge in [-0.1, -0.05) is 0 Å². The molecule has 0 spiro atoms. The summed E-state index contributed by atoms with van der Waals surface area (Å²) in [5, 5.41) is 3.13. The minimum absolute atomic E-state index is 0.349. The predicted octanol–water partition coefficient (Wildman–Crippen LogP) is 1.25. The quantitative estimate of drug-likeness (QED) is 0.543. The van der Waals surface area contributed by atoms with Crippen LogP contribution in [0.3, 0.4) is 0 Å². The lowest BCUT2D eigenvalue weighted by Crippen LogP contribution is -2.20. The van der Waals surface area contributed by atoms with E-state index in [4.69, 9.17) is 9.47 Å². The molecule has 0 amide bonds. The van der Waals surface area contributed by atoms with E-state index < -0.39 is 0 Å². The molecule has 0 saturated carbocycles. The van der Waals surface area contributed by atoms with Crippen LogP contribution in [0.15, 0.2) is 18.3 Å². The first kappa shape index (κ1) is 16.4. The monoisotopic (exact) mass is 281 g/mol. The standard InChI is InChI=1S/C14H23N3O3/c1-4-20-14(18)12-5-6-13(16-11-12)15-7-9-19-10-8-17(2)3/h5-6,11H,4,7-10H2,1-3H3,(H,15,16). The molecular formula is C14H23N3O3. The van der Waals surface area contributed by atoms with Gasteiger partial charge in [0.15, 0.2) is 0 Å². The number of esters is 1. The zero-order chi connectivity index (χ0) is 14.8. The molecule has 112 valence electrons. The van der Waals surface area contributed by atoms with Gasteiger partial charge in [0.2, 0.25) is 0 Å². The van der Waals surface area contributed by atoms with Crippen LogP contribution in [-0.2, 0) is 9.47 Å². The number of nitrogens with zero attached hydrogens (tertiary/aromatic N) is 2. The van der Waals surface area contributed by atoms with Crippen molar-refractivity contribution >= 4 is 11.8 Å². The Kier molecular flexibility index (Phi) is 7.60. The van der Waals surface area contributed by atoms with E-state index in [0.29, 0.717) is 37.7 Å². The molecule has 0 unspecified atom stereocenters. The van der Waals surface area contributed by atoms with Gasteiger partial charge in [-0.3, -0.25) is 0 Å². The molecule has 0 fully saturated rings. The highest BCUT2D eigenvalue weighted by Gasteiger charge is 2.06. The lowest BCUT2D eigenvalue weighted by atomic mass is 10.3. The Bertz CT molecular complexity index is 393. The third-order valence-electron chi connectivity index (χ3n) is 2.51. The molecule has 20 heavy (non-hydrogen) atoms. The summed E-state index contributed by atoms with van der Waals surface area (Å²) in [5.74, 6) is 0.368.